The van der Waals surface area contributed by atoms with Gasteiger partial charge in [0.25, 0.3) is 0 Å². The van der Waals surface area contributed by atoms with E-state index in [4.69, 9.17) is 10.2 Å². The van der Waals surface area contributed by atoms with Crippen LogP contribution in [0.5, 0.6) is 0 Å². The molecule has 1 heterocycles. The largest absolute Gasteiger partial charge is 0.492 e. The van der Waals surface area contributed by atoms with E-state index in [0.717, 1.165) is 0 Å². The fourth-order valence-corrected chi connectivity index (χ4v) is 0.350. The zero-order chi connectivity index (χ0) is 6.85. The van der Waals surface area contributed by atoms with E-state index in [-0.39, 0.29) is 5.71 Å². The van der Waals surface area contributed by atoms with Gasteiger partial charge in [0, 0.05) is 0 Å². The van der Waals surface area contributed by atoms with Crippen LogP contribution in [-0.4, -0.2) is 21.9 Å². The molecule has 0 aromatic carbocycles. The van der Waals surface area contributed by atoms with Crippen LogP contribution in [0, 0.1) is 6.08 Å². The highest BCUT2D eigenvalue weighted by Crippen LogP contribution is 1.95. The van der Waals surface area contributed by atoms with Crippen molar-refractivity contribution in [1.82, 2.24) is 5.43 Å². The van der Waals surface area contributed by atoms with Crippen LogP contribution >= 0.6 is 0 Å². The molecule has 9 heavy (non-hydrogen) atoms. The van der Waals surface area contributed by atoms with Crippen molar-refractivity contribution in [1.29, 1.82) is 0 Å². The summed E-state index contributed by atoms with van der Waals surface area (Å²) in [5, 5.41) is 19.6. The molecule has 0 spiro atoms. The van der Waals surface area contributed by atoms with E-state index >= 15 is 0 Å². The number of carbonyl (C=O) groups is 1. The third kappa shape index (κ3) is 0.987. The number of aliphatic hydroxyl groups excluding tert-OH is 1. The number of carboxylic acids is 1. The molecule has 0 saturated heterocycles. The van der Waals surface area contributed by atoms with Gasteiger partial charge in [-0.05, 0) is 0 Å². The summed E-state index contributed by atoms with van der Waals surface area (Å²) in [7, 11) is 0. The molecular weight excluding hydrogens is 124 g/mol. The lowest BCUT2D eigenvalue weighted by Gasteiger charge is -1.78. The molecule has 0 atom stereocenters. The fraction of sp³-hybridized carbons (Fsp3) is 0. The molecule has 1 aliphatic heterocycles. The zero-order valence-corrected chi connectivity index (χ0v) is 4.20. The van der Waals surface area contributed by atoms with Crippen molar-refractivity contribution in [3.05, 3.63) is 12.0 Å². The van der Waals surface area contributed by atoms with Crippen LogP contribution in [0.2, 0.25) is 0 Å². The molecule has 5 nitrogen and oxygen atoms in total. The Balaban J connectivity index is 2.75. The second kappa shape index (κ2) is 1.77. The molecule has 0 saturated carbocycles. The van der Waals surface area contributed by atoms with E-state index in [0.29, 0.717) is 0 Å². The molecule has 46 valence electrons. The van der Waals surface area contributed by atoms with Gasteiger partial charge >= 0.3 is 5.97 Å². The molecule has 0 amide bonds. The first-order chi connectivity index (χ1) is 4.20. The Labute approximate surface area is 50.3 Å². The lowest BCUT2D eigenvalue weighted by molar-refractivity contribution is -0.129. The van der Waals surface area contributed by atoms with Crippen molar-refractivity contribution in [2.45, 2.75) is 0 Å². The highest BCUT2D eigenvalue weighted by molar-refractivity contribution is 6.39. The summed E-state index contributed by atoms with van der Waals surface area (Å²) < 4.78 is 0. The van der Waals surface area contributed by atoms with Gasteiger partial charge < -0.3 is 10.2 Å². The second-order valence-corrected chi connectivity index (χ2v) is 1.30. The fourth-order valence-electron chi connectivity index (χ4n) is 0.350. The first-order valence-corrected chi connectivity index (χ1v) is 2.05. The minimum atomic E-state index is -1.25. The van der Waals surface area contributed by atoms with Crippen molar-refractivity contribution >= 4 is 11.7 Å². The van der Waals surface area contributed by atoms with E-state index < -0.39 is 11.9 Å². The highest BCUT2D eigenvalue weighted by Gasteiger charge is 2.15. The monoisotopic (exact) mass is 126 g/mol. The average Bonchev–Trinajstić information content (AvgIpc) is 2.14. The van der Waals surface area contributed by atoms with E-state index in [2.05, 4.69) is 10.5 Å². The first-order valence-electron chi connectivity index (χ1n) is 2.05. The van der Waals surface area contributed by atoms with Crippen LogP contribution in [0.3, 0.4) is 0 Å². The summed E-state index contributed by atoms with van der Waals surface area (Å²) in [6.45, 7) is 0. The van der Waals surface area contributed by atoms with Crippen molar-refractivity contribution in [2.24, 2.45) is 5.10 Å². The molecule has 0 fully saturated rings. The normalized spacial score (nSPS) is 16.0. The molecule has 1 aliphatic rings. The maximum Gasteiger partial charge on any atom is 0.357 e. The number of hydrogen-bond acceptors (Lipinski definition) is 3. The van der Waals surface area contributed by atoms with Gasteiger partial charge in [-0.25, -0.2) is 4.79 Å². The Morgan fingerprint density at radius 3 is 2.56 bits per heavy atom. The number of rotatable bonds is 1. The van der Waals surface area contributed by atoms with Crippen LogP contribution in [0.4, 0.5) is 0 Å². The predicted molar refractivity (Wildman–Crippen MR) is 26.6 cm³/mol. The van der Waals surface area contributed by atoms with Gasteiger partial charge in [-0.15, -0.1) is 10.5 Å². The van der Waals surface area contributed by atoms with Crippen LogP contribution in [0.15, 0.2) is 11.0 Å². The van der Waals surface area contributed by atoms with Crippen molar-refractivity contribution in [2.75, 3.05) is 0 Å². The zero-order valence-electron chi connectivity index (χ0n) is 4.20. The van der Waals surface area contributed by atoms with E-state index in [1.54, 1.807) is 0 Å². The lowest BCUT2D eigenvalue weighted by Crippen LogP contribution is -2.07. The summed E-state index contributed by atoms with van der Waals surface area (Å²) in [5.41, 5.74) is 2.64. The first kappa shape index (κ1) is 5.61. The molecule has 0 unspecified atom stereocenters. The Morgan fingerprint density at radius 1 is 1.67 bits per heavy atom. The summed E-state index contributed by atoms with van der Waals surface area (Å²) in [6, 6.07) is 0. The number of aliphatic hydroxyl groups is 1. The van der Waals surface area contributed by atoms with Crippen molar-refractivity contribution < 1.29 is 15.0 Å². The molecule has 0 bridgehead atoms. The van der Waals surface area contributed by atoms with Crippen LogP contribution in [-0.2, 0) is 4.79 Å². The molecule has 1 rings (SSSR count). The maximum absolute atomic E-state index is 9.97. The minimum Gasteiger partial charge on any atom is -0.492 e. The third-order valence-corrected chi connectivity index (χ3v) is 0.678. The summed E-state index contributed by atoms with van der Waals surface area (Å²) in [6.07, 6.45) is 2.01. The highest BCUT2D eigenvalue weighted by atomic mass is 16.4. The van der Waals surface area contributed by atoms with Crippen molar-refractivity contribution in [3.8, 4) is 0 Å². The summed E-state index contributed by atoms with van der Waals surface area (Å²) in [4.78, 5) is 9.97. The van der Waals surface area contributed by atoms with Gasteiger partial charge in [0.2, 0.25) is 5.88 Å². The molecule has 2 radical (unpaired) electrons. The van der Waals surface area contributed by atoms with E-state index in [1.165, 1.54) is 0 Å². The van der Waals surface area contributed by atoms with Crippen molar-refractivity contribution in [3.63, 3.8) is 0 Å². The maximum atomic E-state index is 9.97. The quantitative estimate of drug-likeness (QED) is 0.484. The Bertz CT molecular complexity index is 206. The predicted octanol–water partition coefficient (Wildman–Crippen LogP) is -0.752. The minimum absolute atomic E-state index is 0.368. The van der Waals surface area contributed by atoms with Crippen LogP contribution < -0.4 is 5.43 Å². The molecule has 5 heteroatoms. The Hall–Kier alpha value is -1.52. The van der Waals surface area contributed by atoms with Crippen LogP contribution in [0.1, 0.15) is 0 Å². The van der Waals surface area contributed by atoms with Crippen LogP contribution in [0.25, 0.3) is 0 Å². The molecule has 0 aliphatic carbocycles. The molecule has 2 N–H and O–H groups in total. The van der Waals surface area contributed by atoms with Gasteiger partial charge in [0.15, 0.2) is 5.71 Å². The van der Waals surface area contributed by atoms with Gasteiger partial charge in [0.05, 0.1) is 6.08 Å². The Morgan fingerprint density at radius 2 is 2.33 bits per heavy atom. The van der Waals surface area contributed by atoms with Gasteiger partial charge in [-0.2, -0.15) is 0 Å². The summed E-state index contributed by atoms with van der Waals surface area (Å²) in [5.74, 6) is -1.74. The number of aliphatic carboxylic acids is 1. The third-order valence-electron chi connectivity index (χ3n) is 0.678. The number of nitrogens with zero attached hydrogens (tertiary/aromatic N) is 2. The Kier molecular flexibility index (Phi) is 1.11. The van der Waals surface area contributed by atoms with Gasteiger partial charge in [-0.1, -0.05) is 0 Å². The molecular formula is C4H2N2O3. The molecule has 0 aromatic heterocycles. The van der Waals surface area contributed by atoms with Gasteiger partial charge in [-0.3, -0.25) is 0 Å². The number of carboxylic acid groups (broad SMARTS) is 1. The SMILES string of the molecule is O=C(O)C1=N[N]C(O)=[C]1. The lowest BCUT2D eigenvalue weighted by atomic mass is 10.4. The second-order valence-electron chi connectivity index (χ2n) is 1.30. The summed E-state index contributed by atoms with van der Waals surface area (Å²) >= 11 is 0. The van der Waals surface area contributed by atoms with E-state index in [9.17, 15) is 4.79 Å². The standard InChI is InChI=1S/C4H2N2O3/c7-3-1-2(4(8)9)5-6-3/h7H,(H,8,9). The smallest absolute Gasteiger partial charge is 0.357 e. The molecule has 0 aromatic rings. The van der Waals surface area contributed by atoms with E-state index in [1.807, 2.05) is 6.08 Å². The number of hydrogen-bond donors (Lipinski definition) is 2. The average molecular weight is 126 g/mol. The van der Waals surface area contributed by atoms with Gasteiger partial charge in [0.1, 0.15) is 0 Å². The topological polar surface area (TPSA) is 84.0 Å².